The third-order valence-corrected chi connectivity index (χ3v) is 5.62. The lowest BCUT2D eigenvalue weighted by molar-refractivity contribution is -0.142. The van der Waals surface area contributed by atoms with E-state index < -0.39 is 17.6 Å². The Balaban J connectivity index is 1.85. The van der Waals surface area contributed by atoms with Crippen LogP contribution in [0, 0.1) is 0 Å². The Morgan fingerprint density at radius 2 is 1.91 bits per heavy atom. The first kappa shape index (κ1) is 21.8. The fourth-order valence-electron chi connectivity index (χ4n) is 4.11. The minimum absolute atomic E-state index is 0.154. The van der Waals surface area contributed by atoms with Crippen molar-refractivity contribution in [1.29, 1.82) is 0 Å². The number of carbonyl (C=O) groups excluding carboxylic acids is 1. The number of hydrogen-bond acceptors (Lipinski definition) is 6. The largest absolute Gasteiger partial charge is 0.507 e. The molecule has 0 fully saturated rings. The molecule has 0 saturated carbocycles. The minimum Gasteiger partial charge on any atom is -0.507 e. The van der Waals surface area contributed by atoms with E-state index in [2.05, 4.69) is 5.32 Å². The molecular formula is C25H25NO6. The summed E-state index contributed by atoms with van der Waals surface area (Å²) in [4.78, 5) is 12.7. The summed E-state index contributed by atoms with van der Waals surface area (Å²) in [5.41, 5.74) is 0.288. The Labute approximate surface area is 185 Å². The third kappa shape index (κ3) is 3.60. The number of aromatic hydroxyl groups is 1. The van der Waals surface area contributed by atoms with Gasteiger partial charge in [-0.15, -0.1) is 0 Å². The minimum atomic E-state index is -1.88. The zero-order valence-electron chi connectivity index (χ0n) is 18.1. The Bertz CT molecular complexity index is 1170. The van der Waals surface area contributed by atoms with Gasteiger partial charge in [0.25, 0.3) is 5.91 Å². The quantitative estimate of drug-likeness (QED) is 0.543. The smallest absolute Gasteiger partial charge is 0.257 e. The van der Waals surface area contributed by atoms with Crippen molar-refractivity contribution in [3.05, 3.63) is 82.8 Å². The van der Waals surface area contributed by atoms with Crippen molar-refractivity contribution in [2.75, 3.05) is 19.5 Å². The van der Waals surface area contributed by atoms with Crippen LogP contribution in [0.15, 0.2) is 59.0 Å². The molecule has 2 heterocycles. The number of nitrogens with one attached hydrogen (secondary N) is 1. The molecule has 1 aliphatic rings. The molecular weight excluding hydrogens is 410 g/mol. The molecule has 166 valence electrons. The van der Waals surface area contributed by atoms with Crippen LogP contribution < -0.4 is 5.32 Å². The molecule has 0 saturated heterocycles. The van der Waals surface area contributed by atoms with Crippen LogP contribution in [-0.2, 0) is 26.5 Å². The molecule has 3 N–H and O–H groups in total. The van der Waals surface area contributed by atoms with E-state index in [4.69, 9.17) is 13.9 Å². The zero-order valence-corrected chi connectivity index (χ0v) is 18.1. The van der Waals surface area contributed by atoms with Crippen molar-refractivity contribution in [2.24, 2.45) is 0 Å². The Hall–Kier alpha value is -3.39. The number of phenolic OH excluding ortho intramolecular Hbond substituents is 1. The number of amides is 1. The van der Waals surface area contributed by atoms with Crippen LogP contribution in [-0.4, -0.2) is 36.4 Å². The lowest BCUT2D eigenvalue weighted by Gasteiger charge is -2.40. The van der Waals surface area contributed by atoms with Gasteiger partial charge in [0.15, 0.2) is 11.7 Å². The fourth-order valence-corrected chi connectivity index (χ4v) is 4.11. The monoisotopic (exact) mass is 435 g/mol. The molecule has 1 aromatic heterocycles. The average molecular weight is 435 g/mol. The number of benzene rings is 2. The lowest BCUT2D eigenvalue weighted by Crippen LogP contribution is -2.52. The van der Waals surface area contributed by atoms with E-state index in [1.54, 1.807) is 49.6 Å². The highest BCUT2D eigenvalue weighted by molar-refractivity contribution is 6.01. The van der Waals surface area contributed by atoms with Crippen molar-refractivity contribution < 1.29 is 28.9 Å². The van der Waals surface area contributed by atoms with E-state index in [1.807, 2.05) is 25.1 Å². The molecule has 2 unspecified atom stereocenters. The summed E-state index contributed by atoms with van der Waals surface area (Å²) in [7, 11) is 2.94. The molecule has 1 aliphatic heterocycles. The molecule has 2 atom stereocenters. The number of allylic oxidation sites excluding steroid dienone is 1. The third-order valence-electron chi connectivity index (χ3n) is 5.62. The maximum Gasteiger partial charge on any atom is 0.257 e. The van der Waals surface area contributed by atoms with E-state index in [0.29, 0.717) is 34.9 Å². The summed E-state index contributed by atoms with van der Waals surface area (Å²) in [5, 5.41) is 25.8. The standard InChI is InChI=1S/C25H25NO6/c1-15(20-12-10-18(32-20)14-30-2)13-16-9-11-19-21(22(16)27)25(29,17-7-5-4-6-8-17)23(31-3)24(28)26-19/h4-13,23,27,29H,14H2,1-3H3,(H,26,28). The van der Waals surface area contributed by atoms with Crippen LogP contribution in [0.1, 0.15) is 35.1 Å². The Morgan fingerprint density at radius 3 is 2.59 bits per heavy atom. The highest BCUT2D eigenvalue weighted by Crippen LogP contribution is 2.48. The van der Waals surface area contributed by atoms with Crippen LogP contribution >= 0.6 is 0 Å². The summed E-state index contributed by atoms with van der Waals surface area (Å²) in [6.45, 7) is 2.22. The highest BCUT2D eigenvalue weighted by Gasteiger charge is 2.51. The summed E-state index contributed by atoms with van der Waals surface area (Å²) >= 11 is 0. The average Bonchev–Trinajstić information content (AvgIpc) is 3.25. The molecule has 7 heteroatoms. The van der Waals surface area contributed by atoms with E-state index >= 15 is 0 Å². The van der Waals surface area contributed by atoms with Gasteiger partial charge < -0.3 is 29.4 Å². The molecule has 1 amide bonds. The Morgan fingerprint density at radius 1 is 1.16 bits per heavy atom. The van der Waals surface area contributed by atoms with Gasteiger partial charge in [0.05, 0.1) is 11.3 Å². The maximum absolute atomic E-state index is 12.7. The number of hydrogen-bond donors (Lipinski definition) is 3. The van der Waals surface area contributed by atoms with Crippen LogP contribution in [0.4, 0.5) is 5.69 Å². The molecule has 0 radical (unpaired) electrons. The first-order chi connectivity index (χ1) is 15.4. The number of aliphatic hydroxyl groups is 1. The van der Waals surface area contributed by atoms with E-state index in [1.165, 1.54) is 7.11 Å². The first-order valence-electron chi connectivity index (χ1n) is 10.1. The number of furan rings is 1. The van der Waals surface area contributed by atoms with Crippen LogP contribution in [0.25, 0.3) is 11.6 Å². The lowest BCUT2D eigenvalue weighted by atomic mass is 9.76. The van der Waals surface area contributed by atoms with Crippen LogP contribution in [0.5, 0.6) is 5.75 Å². The summed E-state index contributed by atoms with van der Waals surface area (Å²) in [5.74, 6) is 0.676. The summed E-state index contributed by atoms with van der Waals surface area (Å²) < 4.78 is 16.2. The van der Waals surface area contributed by atoms with Gasteiger partial charge in [-0.05, 0) is 48.4 Å². The van der Waals surface area contributed by atoms with Gasteiger partial charge in [0, 0.05) is 19.8 Å². The number of anilines is 1. The van der Waals surface area contributed by atoms with E-state index in [0.717, 1.165) is 5.57 Å². The van der Waals surface area contributed by atoms with Gasteiger partial charge in [0.1, 0.15) is 23.9 Å². The zero-order chi connectivity index (χ0) is 22.9. The molecule has 32 heavy (non-hydrogen) atoms. The van der Waals surface area contributed by atoms with Crippen LogP contribution in [0.2, 0.25) is 0 Å². The maximum atomic E-state index is 12.7. The van der Waals surface area contributed by atoms with E-state index in [9.17, 15) is 15.0 Å². The number of carbonyl (C=O) groups is 1. The Kier molecular flexibility index (Phi) is 5.88. The van der Waals surface area contributed by atoms with Gasteiger partial charge in [-0.1, -0.05) is 30.3 Å². The predicted octanol–water partition coefficient (Wildman–Crippen LogP) is 3.90. The number of ether oxygens (including phenoxy) is 2. The van der Waals surface area contributed by atoms with Gasteiger partial charge in [-0.2, -0.15) is 0 Å². The fraction of sp³-hybridized carbons (Fsp3) is 0.240. The predicted molar refractivity (Wildman–Crippen MR) is 120 cm³/mol. The number of methoxy groups -OCH3 is 2. The normalized spacial score (nSPS) is 20.7. The van der Waals surface area contributed by atoms with Crippen molar-refractivity contribution in [3.63, 3.8) is 0 Å². The molecule has 0 bridgehead atoms. The van der Waals surface area contributed by atoms with Crippen molar-refractivity contribution in [1.82, 2.24) is 0 Å². The number of rotatable bonds is 6. The highest BCUT2D eigenvalue weighted by atomic mass is 16.5. The van der Waals surface area contributed by atoms with Gasteiger partial charge in [-0.3, -0.25) is 4.79 Å². The van der Waals surface area contributed by atoms with Crippen LogP contribution in [0.3, 0.4) is 0 Å². The second kappa shape index (κ2) is 8.63. The van der Waals surface area contributed by atoms with E-state index in [-0.39, 0.29) is 11.3 Å². The first-order valence-corrected chi connectivity index (χ1v) is 10.1. The van der Waals surface area contributed by atoms with Gasteiger partial charge in [0.2, 0.25) is 0 Å². The molecule has 3 aromatic rings. The summed E-state index contributed by atoms with van der Waals surface area (Å²) in [6.07, 6.45) is 0.514. The molecule has 0 aliphatic carbocycles. The number of phenols is 1. The van der Waals surface area contributed by atoms with Crippen molar-refractivity contribution in [2.45, 2.75) is 25.2 Å². The molecule has 0 spiro atoms. The molecule has 2 aromatic carbocycles. The van der Waals surface area contributed by atoms with Crippen molar-refractivity contribution >= 4 is 23.2 Å². The summed E-state index contributed by atoms with van der Waals surface area (Å²) in [6, 6.07) is 15.7. The molecule has 4 rings (SSSR count). The molecule has 7 nitrogen and oxygen atoms in total. The topological polar surface area (TPSA) is 101 Å². The SMILES string of the molecule is COCc1ccc(C(C)=Cc2ccc3c(c2O)C(O)(c2ccccc2)C(OC)C(=O)N3)o1. The second-order valence-electron chi connectivity index (χ2n) is 7.69. The van der Waals surface area contributed by atoms with Gasteiger partial charge in [-0.25, -0.2) is 0 Å². The van der Waals surface area contributed by atoms with Gasteiger partial charge >= 0.3 is 0 Å². The second-order valence-corrected chi connectivity index (χ2v) is 7.69. The van der Waals surface area contributed by atoms with Crippen molar-refractivity contribution in [3.8, 4) is 5.75 Å². The number of fused-ring (bicyclic) bond motifs is 1.